The maximum Gasteiger partial charge on any atom is 0.0521 e. The number of hydrogen-bond donors (Lipinski definition) is 1. The Morgan fingerprint density at radius 3 is 3.00 bits per heavy atom. The highest BCUT2D eigenvalue weighted by Crippen LogP contribution is 1.97. The first-order valence-electron chi connectivity index (χ1n) is 5.09. The molecule has 0 amide bonds. The fourth-order valence-corrected chi connectivity index (χ4v) is 1.31. The van der Waals surface area contributed by atoms with E-state index in [1.165, 1.54) is 18.5 Å². The van der Waals surface area contributed by atoms with Crippen molar-refractivity contribution in [3.8, 4) is 0 Å². The maximum atomic E-state index is 4.21. The largest absolute Gasteiger partial charge is 0.311 e. The van der Waals surface area contributed by atoms with Gasteiger partial charge in [-0.1, -0.05) is 13.3 Å². The maximum absolute atomic E-state index is 4.21. The molecule has 1 N–H and O–H groups in total. The molecule has 1 rings (SSSR count). The first-order chi connectivity index (χ1) is 6.38. The van der Waals surface area contributed by atoms with Gasteiger partial charge >= 0.3 is 0 Å². The van der Waals surface area contributed by atoms with Crippen molar-refractivity contribution in [2.24, 2.45) is 0 Å². The van der Waals surface area contributed by atoms with E-state index in [0.29, 0.717) is 0 Å². The van der Waals surface area contributed by atoms with Crippen LogP contribution >= 0.6 is 0 Å². The van der Waals surface area contributed by atoms with Gasteiger partial charge in [0.1, 0.15) is 0 Å². The second-order valence-corrected chi connectivity index (χ2v) is 3.17. The molecule has 74 valence electrons. The molecular weight excluding hydrogens is 162 g/mol. The number of aromatic nitrogens is 2. The molecule has 1 heterocycles. The Kier molecular flexibility index (Phi) is 4.54. The van der Waals surface area contributed by atoms with Crippen molar-refractivity contribution < 1.29 is 0 Å². The minimum Gasteiger partial charge on any atom is -0.311 e. The Morgan fingerprint density at radius 1 is 1.46 bits per heavy atom. The van der Waals surface area contributed by atoms with Crippen molar-refractivity contribution in [1.29, 1.82) is 0 Å². The fraction of sp³-hybridized carbons (Fsp3) is 0.700. The summed E-state index contributed by atoms with van der Waals surface area (Å²) in [5.41, 5.74) is 1.28. The summed E-state index contributed by atoms with van der Waals surface area (Å²) in [6.45, 7) is 7.32. The van der Waals surface area contributed by atoms with E-state index in [1.54, 1.807) is 0 Å². The lowest BCUT2D eigenvalue weighted by molar-refractivity contribution is 0.571. The molecule has 0 fully saturated rings. The number of unbranched alkanes of at least 4 members (excludes halogenated alkanes) is 1. The van der Waals surface area contributed by atoms with Crippen LogP contribution in [0.3, 0.4) is 0 Å². The summed E-state index contributed by atoms with van der Waals surface area (Å²) in [7, 11) is 0. The topological polar surface area (TPSA) is 29.9 Å². The summed E-state index contributed by atoms with van der Waals surface area (Å²) in [5.74, 6) is 0. The Labute approximate surface area is 80.1 Å². The fourth-order valence-electron chi connectivity index (χ4n) is 1.31. The number of hydrogen-bond acceptors (Lipinski definition) is 2. The molecule has 0 saturated heterocycles. The first-order valence-corrected chi connectivity index (χ1v) is 5.09. The average molecular weight is 181 g/mol. The van der Waals surface area contributed by atoms with Crippen molar-refractivity contribution in [3.63, 3.8) is 0 Å². The summed E-state index contributed by atoms with van der Waals surface area (Å²) in [4.78, 5) is 0. The third kappa shape index (κ3) is 3.19. The zero-order chi connectivity index (χ0) is 9.52. The Balaban J connectivity index is 2.27. The van der Waals surface area contributed by atoms with E-state index in [-0.39, 0.29) is 0 Å². The minimum atomic E-state index is 0.938. The summed E-state index contributed by atoms with van der Waals surface area (Å²) in [6.07, 6.45) is 4.36. The zero-order valence-corrected chi connectivity index (χ0v) is 8.58. The van der Waals surface area contributed by atoms with Gasteiger partial charge in [0, 0.05) is 19.3 Å². The number of rotatable bonds is 6. The minimum absolute atomic E-state index is 0.938. The van der Waals surface area contributed by atoms with E-state index in [2.05, 4.69) is 30.3 Å². The van der Waals surface area contributed by atoms with Gasteiger partial charge in [0.05, 0.1) is 5.69 Å². The molecule has 0 bridgehead atoms. The van der Waals surface area contributed by atoms with Crippen LogP contribution in [0.25, 0.3) is 0 Å². The Morgan fingerprint density at radius 2 is 2.31 bits per heavy atom. The lowest BCUT2D eigenvalue weighted by Crippen LogP contribution is -2.17. The summed E-state index contributed by atoms with van der Waals surface area (Å²) >= 11 is 0. The highest BCUT2D eigenvalue weighted by molar-refractivity contribution is 4.99. The van der Waals surface area contributed by atoms with Crippen LogP contribution in [-0.2, 0) is 13.1 Å². The summed E-state index contributed by atoms with van der Waals surface area (Å²) < 4.78 is 2.03. The molecule has 0 saturated carbocycles. The highest BCUT2D eigenvalue weighted by Gasteiger charge is 1.98. The molecule has 3 nitrogen and oxygen atoms in total. The van der Waals surface area contributed by atoms with Crippen LogP contribution in [0.4, 0.5) is 0 Å². The summed E-state index contributed by atoms with van der Waals surface area (Å²) in [6, 6.07) is 2.07. The molecule has 3 heteroatoms. The molecule has 0 radical (unpaired) electrons. The molecule has 0 spiro atoms. The van der Waals surface area contributed by atoms with Crippen molar-refractivity contribution in [1.82, 2.24) is 15.1 Å². The molecule has 13 heavy (non-hydrogen) atoms. The van der Waals surface area contributed by atoms with Gasteiger partial charge < -0.3 is 5.32 Å². The van der Waals surface area contributed by atoms with Gasteiger partial charge in [0.2, 0.25) is 0 Å². The lowest BCUT2D eigenvalue weighted by atomic mass is 10.3. The van der Waals surface area contributed by atoms with Gasteiger partial charge in [0.25, 0.3) is 0 Å². The van der Waals surface area contributed by atoms with E-state index in [1.807, 2.05) is 10.9 Å². The quantitative estimate of drug-likeness (QED) is 0.678. The van der Waals surface area contributed by atoms with Gasteiger partial charge in [-0.25, -0.2) is 0 Å². The van der Waals surface area contributed by atoms with Gasteiger partial charge in [-0.3, -0.25) is 4.68 Å². The molecule has 0 aromatic carbocycles. The van der Waals surface area contributed by atoms with Crippen LogP contribution in [-0.4, -0.2) is 16.3 Å². The van der Waals surface area contributed by atoms with Crippen molar-refractivity contribution in [2.75, 3.05) is 6.54 Å². The molecule has 1 aromatic rings. The van der Waals surface area contributed by atoms with Crippen molar-refractivity contribution in [3.05, 3.63) is 18.0 Å². The van der Waals surface area contributed by atoms with Crippen molar-refractivity contribution >= 4 is 0 Å². The van der Waals surface area contributed by atoms with E-state index >= 15 is 0 Å². The Hall–Kier alpha value is -0.830. The smallest absolute Gasteiger partial charge is 0.0521 e. The third-order valence-corrected chi connectivity index (χ3v) is 2.12. The van der Waals surface area contributed by atoms with Gasteiger partial charge in [-0.2, -0.15) is 5.10 Å². The second-order valence-electron chi connectivity index (χ2n) is 3.17. The first kappa shape index (κ1) is 10.3. The average Bonchev–Trinajstić information content (AvgIpc) is 2.60. The van der Waals surface area contributed by atoms with E-state index in [0.717, 1.165) is 19.6 Å². The van der Waals surface area contributed by atoms with Crippen molar-refractivity contribution in [2.45, 2.75) is 39.8 Å². The highest BCUT2D eigenvalue weighted by atomic mass is 15.3. The van der Waals surface area contributed by atoms with Crippen LogP contribution < -0.4 is 5.32 Å². The monoisotopic (exact) mass is 181 g/mol. The van der Waals surface area contributed by atoms with Crippen LogP contribution in [0.2, 0.25) is 0 Å². The third-order valence-electron chi connectivity index (χ3n) is 2.12. The van der Waals surface area contributed by atoms with Crippen LogP contribution in [0.5, 0.6) is 0 Å². The van der Waals surface area contributed by atoms with E-state index in [4.69, 9.17) is 0 Å². The van der Waals surface area contributed by atoms with Gasteiger partial charge in [0.15, 0.2) is 0 Å². The van der Waals surface area contributed by atoms with Gasteiger partial charge in [-0.15, -0.1) is 0 Å². The lowest BCUT2D eigenvalue weighted by Gasteiger charge is -2.05. The molecule has 0 atom stereocenters. The molecule has 0 aliphatic carbocycles. The second kappa shape index (κ2) is 5.75. The zero-order valence-electron chi connectivity index (χ0n) is 8.58. The molecule has 0 unspecified atom stereocenters. The van der Waals surface area contributed by atoms with Crippen LogP contribution in [0, 0.1) is 0 Å². The Bertz CT molecular complexity index is 230. The SMILES string of the molecule is CCCCNCc1ccnn1CC. The normalized spacial score (nSPS) is 10.6. The number of aryl methyl sites for hydroxylation is 1. The summed E-state index contributed by atoms with van der Waals surface area (Å²) in [5, 5.41) is 7.61. The standard InChI is InChI=1S/C10H19N3/c1-3-5-7-11-9-10-6-8-12-13(10)4-2/h6,8,11H,3-5,7,9H2,1-2H3. The molecule has 0 aliphatic heterocycles. The van der Waals surface area contributed by atoms with Gasteiger partial charge in [-0.05, 0) is 26.0 Å². The van der Waals surface area contributed by atoms with E-state index < -0.39 is 0 Å². The molecule has 1 aromatic heterocycles. The molecular formula is C10H19N3. The number of nitrogens with one attached hydrogen (secondary N) is 1. The predicted molar refractivity (Wildman–Crippen MR) is 54.5 cm³/mol. The van der Waals surface area contributed by atoms with Crippen LogP contribution in [0.15, 0.2) is 12.3 Å². The molecule has 0 aliphatic rings. The predicted octanol–water partition coefficient (Wildman–Crippen LogP) is 1.79. The van der Waals surface area contributed by atoms with E-state index in [9.17, 15) is 0 Å². The number of nitrogens with zero attached hydrogens (tertiary/aromatic N) is 2. The van der Waals surface area contributed by atoms with Crippen LogP contribution in [0.1, 0.15) is 32.4 Å².